The van der Waals surface area contributed by atoms with E-state index in [4.69, 9.17) is 4.74 Å². The van der Waals surface area contributed by atoms with Crippen molar-refractivity contribution in [2.45, 2.75) is 24.0 Å². The quantitative estimate of drug-likeness (QED) is 0.645. The SMILES string of the molecule is CC(Oc1ccc(S(C)(=O)=O)cc1)C(=O)NC(c1ccccc1)c1ccccc1. The number of benzene rings is 3. The van der Waals surface area contributed by atoms with Gasteiger partial charge in [0, 0.05) is 6.26 Å². The van der Waals surface area contributed by atoms with E-state index in [0.717, 1.165) is 17.4 Å². The van der Waals surface area contributed by atoms with Crippen molar-refractivity contribution in [3.63, 3.8) is 0 Å². The van der Waals surface area contributed by atoms with Gasteiger partial charge in [0.1, 0.15) is 5.75 Å². The van der Waals surface area contributed by atoms with Crippen LogP contribution < -0.4 is 10.1 Å². The number of ether oxygens (including phenoxy) is 1. The lowest BCUT2D eigenvalue weighted by Crippen LogP contribution is -2.39. The smallest absolute Gasteiger partial charge is 0.261 e. The first-order valence-corrected chi connectivity index (χ1v) is 11.1. The minimum Gasteiger partial charge on any atom is -0.481 e. The number of sulfone groups is 1. The zero-order valence-electron chi connectivity index (χ0n) is 16.3. The van der Waals surface area contributed by atoms with Gasteiger partial charge in [0.25, 0.3) is 5.91 Å². The number of nitrogens with one attached hydrogen (secondary N) is 1. The van der Waals surface area contributed by atoms with E-state index in [1.807, 2.05) is 60.7 Å². The van der Waals surface area contributed by atoms with Crippen molar-refractivity contribution in [3.05, 3.63) is 96.1 Å². The van der Waals surface area contributed by atoms with Crippen LogP contribution in [0.5, 0.6) is 5.75 Å². The largest absolute Gasteiger partial charge is 0.481 e. The monoisotopic (exact) mass is 409 g/mol. The number of rotatable bonds is 7. The summed E-state index contributed by atoms with van der Waals surface area (Å²) in [6.07, 6.45) is 0.390. The maximum atomic E-state index is 12.8. The zero-order valence-corrected chi connectivity index (χ0v) is 17.1. The van der Waals surface area contributed by atoms with Crippen molar-refractivity contribution >= 4 is 15.7 Å². The molecule has 0 aliphatic carbocycles. The zero-order chi connectivity index (χ0) is 20.9. The van der Waals surface area contributed by atoms with Crippen LogP contribution in [0.25, 0.3) is 0 Å². The van der Waals surface area contributed by atoms with Gasteiger partial charge in [0.15, 0.2) is 15.9 Å². The van der Waals surface area contributed by atoms with Gasteiger partial charge in [-0.05, 0) is 42.3 Å². The van der Waals surface area contributed by atoms with Gasteiger partial charge in [-0.1, -0.05) is 60.7 Å². The van der Waals surface area contributed by atoms with Gasteiger partial charge in [-0.2, -0.15) is 0 Å². The van der Waals surface area contributed by atoms with E-state index in [-0.39, 0.29) is 16.8 Å². The van der Waals surface area contributed by atoms with Gasteiger partial charge in [-0.15, -0.1) is 0 Å². The lowest BCUT2D eigenvalue weighted by molar-refractivity contribution is -0.127. The van der Waals surface area contributed by atoms with E-state index in [2.05, 4.69) is 5.32 Å². The third-order valence-electron chi connectivity index (χ3n) is 4.49. The highest BCUT2D eigenvalue weighted by atomic mass is 32.2. The van der Waals surface area contributed by atoms with Crippen LogP contribution in [0, 0.1) is 0 Å². The van der Waals surface area contributed by atoms with E-state index < -0.39 is 15.9 Å². The fraction of sp³-hybridized carbons (Fsp3) is 0.174. The molecule has 6 heteroatoms. The third-order valence-corrected chi connectivity index (χ3v) is 5.61. The average molecular weight is 410 g/mol. The molecule has 0 aliphatic rings. The molecule has 29 heavy (non-hydrogen) atoms. The molecule has 0 radical (unpaired) electrons. The Hall–Kier alpha value is -3.12. The van der Waals surface area contributed by atoms with E-state index in [9.17, 15) is 13.2 Å². The molecule has 1 atom stereocenters. The molecule has 3 aromatic carbocycles. The predicted molar refractivity (Wildman–Crippen MR) is 113 cm³/mol. The first-order valence-electron chi connectivity index (χ1n) is 9.21. The van der Waals surface area contributed by atoms with Crippen LogP contribution in [0.15, 0.2) is 89.8 Å². The molecule has 0 aromatic heterocycles. The lowest BCUT2D eigenvalue weighted by Gasteiger charge is -2.22. The summed E-state index contributed by atoms with van der Waals surface area (Å²) < 4.78 is 28.8. The van der Waals surface area contributed by atoms with Crippen LogP contribution in [0.2, 0.25) is 0 Å². The molecule has 0 heterocycles. The first kappa shape index (κ1) is 20.6. The summed E-state index contributed by atoms with van der Waals surface area (Å²) in [5, 5.41) is 3.05. The highest BCUT2D eigenvalue weighted by Gasteiger charge is 2.21. The summed E-state index contributed by atoms with van der Waals surface area (Å²) in [6, 6.07) is 25.2. The molecule has 3 rings (SSSR count). The Morgan fingerprint density at radius 1 is 0.828 bits per heavy atom. The second kappa shape index (κ2) is 8.92. The maximum absolute atomic E-state index is 12.8. The average Bonchev–Trinajstić information content (AvgIpc) is 2.73. The van der Waals surface area contributed by atoms with Crippen molar-refractivity contribution in [2.24, 2.45) is 0 Å². The molecule has 1 amide bonds. The summed E-state index contributed by atoms with van der Waals surface area (Å²) in [6.45, 7) is 1.66. The molecule has 0 aliphatic heterocycles. The summed E-state index contributed by atoms with van der Waals surface area (Å²) in [5.41, 5.74) is 1.94. The van der Waals surface area contributed by atoms with E-state index in [0.29, 0.717) is 5.75 Å². The van der Waals surface area contributed by atoms with Gasteiger partial charge in [-0.25, -0.2) is 8.42 Å². The number of hydrogen-bond acceptors (Lipinski definition) is 4. The minimum absolute atomic E-state index is 0.204. The fourth-order valence-corrected chi connectivity index (χ4v) is 3.56. The van der Waals surface area contributed by atoms with Crippen LogP contribution in [0.4, 0.5) is 0 Å². The molecule has 1 N–H and O–H groups in total. The Balaban J connectivity index is 1.74. The normalized spacial score (nSPS) is 12.4. The molecule has 0 spiro atoms. The van der Waals surface area contributed by atoms with Crippen molar-refractivity contribution in [1.82, 2.24) is 5.32 Å². The first-order chi connectivity index (χ1) is 13.8. The van der Waals surface area contributed by atoms with Gasteiger partial charge in [-0.3, -0.25) is 4.79 Å². The van der Waals surface area contributed by atoms with E-state index in [1.165, 1.54) is 12.1 Å². The molecule has 0 saturated carbocycles. The van der Waals surface area contributed by atoms with Gasteiger partial charge >= 0.3 is 0 Å². The Kier molecular flexibility index (Phi) is 6.34. The number of carbonyl (C=O) groups excluding carboxylic acids is 1. The summed E-state index contributed by atoms with van der Waals surface area (Å²) >= 11 is 0. The predicted octanol–water partition coefficient (Wildman–Crippen LogP) is 3.76. The lowest BCUT2D eigenvalue weighted by atomic mass is 9.98. The Labute approximate surface area is 171 Å². The highest BCUT2D eigenvalue weighted by molar-refractivity contribution is 7.90. The third kappa shape index (κ3) is 5.45. The summed E-state index contributed by atoms with van der Waals surface area (Å²) in [7, 11) is -3.28. The second-order valence-corrected chi connectivity index (χ2v) is 8.78. The van der Waals surface area contributed by atoms with Crippen molar-refractivity contribution < 1.29 is 17.9 Å². The van der Waals surface area contributed by atoms with Crippen LogP contribution in [0.3, 0.4) is 0 Å². The number of amides is 1. The maximum Gasteiger partial charge on any atom is 0.261 e. The minimum atomic E-state index is -3.28. The molecule has 150 valence electrons. The molecular formula is C23H23NO4S. The topological polar surface area (TPSA) is 72.5 Å². The standard InChI is InChI=1S/C23H23NO4S/c1-17(28-20-13-15-21(16-14-20)29(2,26)27)23(25)24-22(18-9-5-3-6-10-18)19-11-7-4-8-12-19/h3-17,22H,1-2H3,(H,24,25). The van der Waals surface area contributed by atoms with Crippen LogP contribution in [-0.4, -0.2) is 26.7 Å². The fourth-order valence-electron chi connectivity index (χ4n) is 2.93. The molecule has 5 nitrogen and oxygen atoms in total. The summed E-state index contributed by atoms with van der Waals surface area (Å²) in [5.74, 6) is 0.158. The van der Waals surface area contributed by atoms with E-state index >= 15 is 0 Å². The number of carbonyl (C=O) groups is 1. The van der Waals surface area contributed by atoms with Crippen LogP contribution in [0.1, 0.15) is 24.1 Å². The molecule has 0 bridgehead atoms. The molecule has 0 saturated heterocycles. The molecule has 1 unspecified atom stereocenters. The summed E-state index contributed by atoms with van der Waals surface area (Å²) in [4.78, 5) is 13.0. The van der Waals surface area contributed by atoms with Crippen molar-refractivity contribution in [2.75, 3.05) is 6.26 Å². The Bertz CT molecular complexity index is 1010. The molecule has 3 aromatic rings. The van der Waals surface area contributed by atoms with Crippen LogP contribution in [-0.2, 0) is 14.6 Å². The Morgan fingerprint density at radius 3 is 1.76 bits per heavy atom. The second-order valence-electron chi connectivity index (χ2n) is 6.77. The molecular weight excluding hydrogens is 386 g/mol. The highest BCUT2D eigenvalue weighted by Crippen LogP contribution is 2.22. The Morgan fingerprint density at radius 2 is 1.31 bits per heavy atom. The van der Waals surface area contributed by atoms with Crippen molar-refractivity contribution in [3.8, 4) is 5.75 Å². The number of hydrogen-bond donors (Lipinski definition) is 1. The van der Waals surface area contributed by atoms with Crippen LogP contribution >= 0.6 is 0 Å². The van der Waals surface area contributed by atoms with Gasteiger partial charge in [0.2, 0.25) is 0 Å². The molecule has 0 fully saturated rings. The van der Waals surface area contributed by atoms with Gasteiger partial charge in [0.05, 0.1) is 10.9 Å². The van der Waals surface area contributed by atoms with E-state index in [1.54, 1.807) is 19.1 Å². The van der Waals surface area contributed by atoms with Crippen molar-refractivity contribution in [1.29, 1.82) is 0 Å². The van der Waals surface area contributed by atoms with Gasteiger partial charge < -0.3 is 10.1 Å².